The number of ether oxygens (including phenoxy) is 1. The van der Waals surface area contributed by atoms with Crippen LogP contribution in [-0.4, -0.2) is 54.3 Å². The predicted molar refractivity (Wildman–Crippen MR) is 110 cm³/mol. The molecule has 5 nitrogen and oxygen atoms in total. The van der Waals surface area contributed by atoms with E-state index in [1.807, 2.05) is 36.1 Å². The highest BCUT2D eigenvalue weighted by Gasteiger charge is 2.21. The highest BCUT2D eigenvalue weighted by molar-refractivity contribution is 6.30. The lowest BCUT2D eigenvalue weighted by molar-refractivity contribution is -0.135. The lowest BCUT2D eigenvalue weighted by atomic mass is 10.1. The van der Waals surface area contributed by atoms with Crippen molar-refractivity contribution >= 4 is 23.3 Å². The Bertz CT molecular complexity index is 815. The zero-order valence-corrected chi connectivity index (χ0v) is 16.8. The van der Waals surface area contributed by atoms with Crippen LogP contribution in [0.5, 0.6) is 5.75 Å². The van der Waals surface area contributed by atoms with Crippen molar-refractivity contribution < 1.29 is 14.3 Å². The molecule has 0 bridgehead atoms. The van der Waals surface area contributed by atoms with E-state index in [9.17, 15) is 9.59 Å². The van der Waals surface area contributed by atoms with Gasteiger partial charge in [0.25, 0.3) is 5.91 Å². The fraction of sp³-hybridized carbons (Fsp3) is 0.364. The number of piperazine rings is 1. The van der Waals surface area contributed by atoms with Gasteiger partial charge in [-0.1, -0.05) is 42.8 Å². The SMILES string of the molecule is CCC(=O)c1cccc(OCC(=O)N2CCN(Cc3ccc(Cl)cc3)CC2)c1. The summed E-state index contributed by atoms with van der Waals surface area (Å²) in [7, 11) is 0. The normalized spacial score (nSPS) is 14.7. The maximum absolute atomic E-state index is 12.4. The number of Topliss-reactive ketones (excluding diaryl/α,β-unsaturated/α-hetero) is 1. The number of halogens is 1. The first-order chi connectivity index (χ1) is 13.5. The molecular formula is C22H25ClN2O3. The second-order valence-electron chi connectivity index (χ2n) is 6.88. The first kappa shape index (κ1) is 20.4. The molecule has 1 heterocycles. The van der Waals surface area contributed by atoms with Gasteiger partial charge in [0, 0.05) is 49.7 Å². The second kappa shape index (κ2) is 9.71. The van der Waals surface area contributed by atoms with E-state index in [0.717, 1.165) is 24.7 Å². The number of ketones is 1. The molecule has 1 aliphatic rings. The number of benzene rings is 2. The zero-order valence-electron chi connectivity index (χ0n) is 16.1. The molecule has 3 rings (SSSR count). The van der Waals surface area contributed by atoms with Gasteiger partial charge in [-0.15, -0.1) is 0 Å². The summed E-state index contributed by atoms with van der Waals surface area (Å²) in [6.45, 7) is 5.69. The highest BCUT2D eigenvalue weighted by Crippen LogP contribution is 2.16. The third kappa shape index (κ3) is 5.57. The first-order valence-electron chi connectivity index (χ1n) is 9.56. The molecule has 1 aliphatic heterocycles. The Kier molecular flexibility index (Phi) is 7.06. The van der Waals surface area contributed by atoms with Gasteiger partial charge in [-0.2, -0.15) is 0 Å². The van der Waals surface area contributed by atoms with Gasteiger partial charge < -0.3 is 9.64 Å². The Morgan fingerprint density at radius 2 is 1.75 bits per heavy atom. The van der Waals surface area contributed by atoms with Gasteiger partial charge in [-0.3, -0.25) is 14.5 Å². The van der Waals surface area contributed by atoms with E-state index in [1.54, 1.807) is 24.3 Å². The summed E-state index contributed by atoms with van der Waals surface area (Å²) >= 11 is 5.93. The molecule has 0 radical (unpaired) electrons. The van der Waals surface area contributed by atoms with Crippen LogP contribution in [-0.2, 0) is 11.3 Å². The van der Waals surface area contributed by atoms with E-state index in [2.05, 4.69) is 4.90 Å². The minimum absolute atomic E-state index is 0.0129. The molecule has 28 heavy (non-hydrogen) atoms. The molecule has 1 saturated heterocycles. The van der Waals surface area contributed by atoms with Crippen LogP contribution in [0, 0.1) is 0 Å². The average Bonchev–Trinajstić information content (AvgIpc) is 2.74. The minimum Gasteiger partial charge on any atom is -0.484 e. The highest BCUT2D eigenvalue weighted by atomic mass is 35.5. The van der Waals surface area contributed by atoms with E-state index < -0.39 is 0 Å². The summed E-state index contributed by atoms with van der Waals surface area (Å²) in [5.74, 6) is 0.584. The zero-order chi connectivity index (χ0) is 19.9. The van der Waals surface area contributed by atoms with Gasteiger partial charge in [-0.25, -0.2) is 0 Å². The largest absolute Gasteiger partial charge is 0.484 e. The van der Waals surface area contributed by atoms with Crippen molar-refractivity contribution in [2.24, 2.45) is 0 Å². The van der Waals surface area contributed by atoms with Gasteiger partial charge >= 0.3 is 0 Å². The molecule has 1 fully saturated rings. The molecule has 1 amide bonds. The average molecular weight is 401 g/mol. The Balaban J connectivity index is 1.45. The number of carbonyl (C=O) groups excluding carboxylic acids is 2. The van der Waals surface area contributed by atoms with Gasteiger partial charge in [0.15, 0.2) is 12.4 Å². The second-order valence-corrected chi connectivity index (χ2v) is 7.31. The molecule has 2 aromatic rings. The van der Waals surface area contributed by atoms with Gasteiger partial charge in [0.1, 0.15) is 5.75 Å². The topological polar surface area (TPSA) is 49.9 Å². The number of nitrogens with zero attached hydrogens (tertiary/aromatic N) is 2. The van der Waals surface area contributed by atoms with Gasteiger partial charge in [0.05, 0.1) is 0 Å². The molecule has 2 aromatic carbocycles. The van der Waals surface area contributed by atoms with Crippen molar-refractivity contribution in [3.05, 3.63) is 64.7 Å². The molecule has 0 unspecified atom stereocenters. The predicted octanol–water partition coefficient (Wildman–Crippen LogP) is 3.66. The summed E-state index contributed by atoms with van der Waals surface area (Å²) in [6.07, 6.45) is 0.447. The first-order valence-corrected chi connectivity index (χ1v) is 9.93. The summed E-state index contributed by atoms with van der Waals surface area (Å²) in [4.78, 5) is 28.4. The Morgan fingerprint density at radius 3 is 2.43 bits per heavy atom. The fourth-order valence-corrected chi connectivity index (χ4v) is 3.33. The molecule has 148 valence electrons. The summed E-state index contributed by atoms with van der Waals surface area (Å²) in [5.41, 5.74) is 1.83. The van der Waals surface area contributed by atoms with E-state index in [4.69, 9.17) is 16.3 Å². The van der Waals surface area contributed by atoms with Crippen molar-refractivity contribution in [1.82, 2.24) is 9.80 Å². The third-order valence-electron chi connectivity index (χ3n) is 4.88. The molecular weight excluding hydrogens is 376 g/mol. The monoisotopic (exact) mass is 400 g/mol. The number of hydrogen-bond acceptors (Lipinski definition) is 4. The van der Waals surface area contributed by atoms with Crippen LogP contribution in [0.4, 0.5) is 0 Å². The number of hydrogen-bond donors (Lipinski definition) is 0. The van der Waals surface area contributed by atoms with Gasteiger partial charge in [0.2, 0.25) is 0 Å². The quantitative estimate of drug-likeness (QED) is 0.665. The van der Waals surface area contributed by atoms with Crippen LogP contribution in [0.25, 0.3) is 0 Å². The molecule has 0 N–H and O–H groups in total. The Morgan fingerprint density at radius 1 is 1.04 bits per heavy atom. The summed E-state index contributed by atoms with van der Waals surface area (Å²) in [5, 5.41) is 0.740. The molecule has 0 aliphatic carbocycles. The van der Waals surface area contributed by atoms with E-state index in [1.165, 1.54) is 5.56 Å². The lowest BCUT2D eigenvalue weighted by Gasteiger charge is -2.34. The van der Waals surface area contributed by atoms with Crippen LogP contribution in [0.15, 0.2) is 48.5 Å². The molecule has 0 aromatic heterocycles. The molecule has 0 saturated carbocycles. The smallest absolute Gasteiger partial charge is 0.260 e. The Hall–Kier alpha value is -2.37. The summed E-state index contributed by atoms with van der Waals surface area (Å²) < 4.78 is 5.62. The van der Waals surface area contributed by atoms with Crippen LogP contribution in [0.1, 0.15) is 29.3 Å². The van der Waals surface area contributed by atoms with Crippen LogP contribution in [0.2, 0.25) is 5.02 Å². The Labute approximate surface area is 170 Å². The molecule has 6 heteroatoms. The summed E-state index contributed by atoms with van der Waals surface area (Å²) in [6, 6.07) is 14.9. The van der Waals surface area contributed by atoms with E-state index >= 15 is 0 Å². The minimum atomic E-state index is -0.0293. The number of rotatable bonds is 7. The standard InChI is InChI=1S/C22H25ClN2O3/c1-2-21(26)18-4-3-5-20(14-18)28-16-22(27)25-12-10-24(11-13-25)15-17-6-8-19(23)9-7-17/h3-9,14H,2,10-13,15-16H2,1H3. The van der Waals surface area contributed by atoms with Gasteiger partial charge in [-0.05, 0) is 29.8 Å². The van der Waals surface area contributed by atoms with Crippen molar-refractivity contribution in [1.29, 1.82) is 0 Å². The van der Waals surface area contributed by atoms with Crippen LogP contribution < -0.4 is 4.74 Å². The third-order valence-corrected chi connectivity index (χ3v) is 5.14. The maximum Gasteiger partial charge on any atom is 0.260 e. The van der Waals surface area contributed by atoms with Crippen molar-refractivity contribution in [2.45, 2.75) is 19.9 Å². The van der Waals surface area contributed by atoms with Crippen molar-refractivity contribution in [2.75, 3.05) is 32.8 Å². The number of amides is 1. The maximum atomic E-state index is 12.4. The van der Waals surface area contributed by atoms with E-state index in [-0.39, 0.29) is 18.3 Å². The van der Waals surface area contributed by atoms with Crippen molar-refractivity contribution in [3.8, 4) is 5.75 Å². The van der Waals surface area contributed by atoms with Crippen molar-refractivity contribution in [3.63, 3.8) is 0 Å². The van der Waals surface area contributed by atoms with E-state index in [0.29, 0.717) is 30.8 Å². The number of carbonyl (C=O) groups is 2. The fourth-order valence-electron chi connectivity index (χ4n) is 3.20. The van der Waals surface area contributed by atoms with Crippen LogP contribution in [0.3, 0.4) is 0 Å². The molecule has 0 spiro atoms. The van der Waals surface area contributed by atoms with Crippen LogP contribution >= 0.6 is 11.6 Å². The lowest BCUT2D eigenvalue weighted by Crippen LogP contribution is -2.49. The molecule has 0 atom stereocenters.